The molecule has 0 aromatic rings. The van der Waals surface area contributed by atoms with Crippen LogP contribution < -0.4 is 5.73 Å². The highest BCUT2D eigenvalue weighted by atomic mass is 15.1. The molecular weight excluding hydrogens is 124 g/mol. The molecule has 1 saturated heterocycles. The number of hydrogen-bond donors (Lipinski definition) is 1. The molecule has 2 heteroatoms. The van der Waals surface area contributed by atoms with Gasteiger partial charge in [0.15, 0.2) is 0 Å². The van der Waals surface area contributed by atoms with E-state index in [1.54, 1.807) is 0 Å². The van der Waals surface area contributed by atoms with Crippen LogP contribution in [0.15, 0.2) is 12.8 Å². The van der Waals surface area contributed by atoms with E-state index in [2.05, 4.69) is 11.5 Å². The Morgan fingerprint density at radius 1 is 1.50 bits per heavy atom. The van der Waals surface area contributed by atoms with Gasteiger partial charge < -0.3 is 10.6 Å². The molecule has 1 heterocycles. The summed E-state index contributed by atoms with van der Waals surface area (Å²) in [6.45, 7) is 6.87. The summed E-state index contributed by atoms with van der Waals surface area (Å²) in [7, 11) is 0. The molecule has 0 saturated carbocycles. The van der Waals surface area contributed by atoms with Gasteiger partial charge in [-0.1, -0.05) is 6.58 Å². The average molecular weight is 140 g/mol. The van der Waals surface area contributed by atoms with Crippen LogP contribution in [0.1, 0.15) is 12.8 Å². The largest absolute Gasteiger partial charge is 0.378 e. The first-order valence-corrected chi connectivity index (χ1v) is 3.93. The summed E-state index contributed by atoms with van der Waals surface area (Å²) in [6, 6.07) is 0. The van der Waals surface area contributed by atoms with E-state index in [9.17, 15) is 0 Å². The predicted octanol–water partition coefficient (Wildman–Crippen LogP) is 0.801. The molecule has 58 valence electrons. The van der Waals surface area contributed by atoms with E-state index in [0.29, 0.717) is 0 Å². The molecule has 1 fully saturated rings. The van der Waals surface area contributed by atoms with E-state index in [0.717, 1.165) is 25.6 Å². The summed E-state index contributed by atoms with van der Waals surface area (Å²) in [4.78, 5) is 2.26. The molecule has 10 heavy (non-hydrogen) atoms. The summed E-state index contributed by atoms with van der Waals surface area (Å²) in [5.41, 5.74) is 5.55. The number of piperidine rings is 1. The Kier molecular flexibility index (Phi) is 2.75. The van der Waals surface area contributed by atoms with Crippen molar-refractivity contribution in [2.75, 3.05) is 19.6 Å². The summed E-state index contributed by atoms with van der Waals surface area (Å²) < 4.78 is 0. The molecule has 1 rings (SSSR count). The SMILES string of the molecule is C=CN1CCC(CN)CC1. The van der Waals surface area contributed by atoms with Crippen molar-refractivity contribution < 1.29 is 0 Å². The van der Waals surface area contributed by atoms with Gasteiger partial charge in [-0.15, -0.1) is 0 Å². The van der Waals surface area contributed by atoms with Gasteiger partial charge in [-0.3, -0.25) is 0 Å². The summed E-state index contributed by atoms with van der Waals surface area (Å²) in [5, 5.41) is 0. The Morgan fingerprint density at radius 3 is 2.50 bits per heavy atom. The van der Waals surface area contributed by atoms with Crippen LogP contribution in [0.2, 0.25) is 0 Å². The number of likely N-dealkylation sites (tertiary alicyclic amines) is 1. The van der Waals surface area contributed by atoms with E-state index in [1.807, 2.05) is 6.20 Å². The minimum Gasteiger partial charge on any atom is -0.378 e. The van der Waals surface area contributed by atoms with Gasteiger partial charge in [-0.2, -0.15) is 0 Å². The second-order valence-corrected chi connectivity index (χ2v) is 2.90. The molecule has 0 radical (unpaired) electrons. The van der Waals surface area contributed by atoms with Gasteiger partial charge in [-0.05, 0) is 31.5 Å². The van der Waals surface area contributed by atoms with Crippen molar-refractivity contribution in [2.45, 2.75) is 12.8 Å². The van der Waals surface area contributed by atoms with Crippen molar-refractivity contribution in [1.29, 1.82) is 0 Å². The minimum atomic E-state index is 0.760. The van der Waals surface area contributed by atoms with E-state index in [-0.39, 0.29) is 0 Å². The Morgan fingerprint density at radius 2 is 2.10 bits per heavy atom. The van der Waals surface area contributed by atoms with E-state index >= 15 is 0 Å². The van der Waals surface area contributed by atoms with Gasteiger partial charge in [-0.25, -0.2) is 0 Å². The van der Waals surface area contributed by atoms with Crippen molar-refractivity contribution >= 4 is 0 Å². The quantitative estimate of drug-likeness (QED) is 0.614. The highest BCUT2D eigenvalue weighted by Crippen LogP contribution is 2.14. The molecular formula is C8H16N2. The maximum absolute atomic E-state index is 5.55. The lowest BCUT2D eigenvalue weighted by Gasteiger charge is -2.29. The van der Waals surface area contributed by atoms with Crippen LogP contribution >= 0.6 is 0 Å². The molecule has 0 spiro atoms. The molecule has 0 aromatic heterocycles. The van der Waals surface area contributed by atoms with E-state index in [1.165, 1.54) is 12.8 Å². The van der Waals surface area contributed by atoms with E-state index in [4.69, 9.17) is 5.73 Å². The summed E-state index contributed by atoms with van der Waals surface area (Å²) in [6.07, 6.45) is 4.40. The minimum absolute atomic E-state index is 0.760. The summed E-state index contributed by atoms with van der Waals surface area (Å²) in [5.74, 6) is 0.760. The molecule has 0 aromatic carbocycles. The van der Waals surface area contributed by atoms with Gasteiger partial charge in [0.25, 0.3) is 0 Å². The van der Waals surface area contributed by atoms with Crippen molar-refractivity contribution in [3.8, 4) is 0 Å². The zero-order valence-corrected chi connectivity index (χ0v) is 6.42. The van der Waals surface area contributed by atoms with E-state index < -0.39 is 0 Å². The first-order chi connectivity index (χ1) is 4.86. The highest BCUT2D eigenvalue weighted by molar-refractivity contribution is 4.78. The molecule has 0 aliphatic carbocycles. The number of hydrogen-bond acceptors (Lipinski definition) is 2. The topological polar surface area (TPSA) is 29.3 Å². The predicted molar refractivity (Wildman–Crippen MR) is 43.5 cm³/mol. The zero-order chi connectivity index (χ0) is 7.40. The molecule has 1 aliphatic rings. The van der Waals surface area contributed by atoms with Crippen LogP contribution in [-0.2, 0) is 0 Å². The smallest absolute Gasteiger partial charge is 0.0175 e. The lowest BCUT2D eigenvalue weighted by Crippen LogP contribution is -2.32. The van der Waals surface area contributed by atoms with Crippen molar-refractivity contribution in [2.24, 2.45) is 11.7 Å². The fourth-order valence-corrected chi connectivity index (χ4v) is 1.37. The molecule has 0 bridgehead atoms. The van der Waals surface area contributed by atoms with Gasteiger partial charge >= 0.3 is 0 Å². The molecule has 0 atom stereocenters. The molecule has 0 amide bonds. The summed E-state index contributed by atoms with van der Waals surface area (Å²) >= 11 is 0. The maximum atomic E-state index is 5.55. The van der Waals surface area contributed by atoms with Crippen molar-refractivity contribution in [1.82, 2.24) is 4.90 Å². The molecule has 2 N–H and O–H groups in total. The number of nitrogens with two attached hydrogens (primary N) is 1. The molecule has 2 nitrogen and oxygen atoms in total. The lowest BCUT2D eigenvalue weighted by molar-refractivity contribution is 0.248. The van der Waals surface area contributed by atoms with Gasteiger partial charge in [0, 0.05) is 13.1 Å². The Balaban J connectivity index is 2.23. The third kappa shape index (κ3) is 1.74. The fourth-order valence-electron chi connectivity index (χ4n) is 1.37. The highest BCUT2D eigenvalue weighted by Gasteiger charge is 2.14. The third-order valence-electron chi connectivity index (χ3n) is 2.24. The van der Waals surface area contributed by atoms with Gasteiger partial charge in [0.2, 0.25) is 0 Å². The van der Waals surface area contributed by atoms with Crippen LogP contribution in [0, 0.1) is 5.92 Å². The van der Waals surface area contributed by atoms with Crippen LogP contribution in [0.3, 0.4) is 0 Å². The Labute approximate surface area is 62.7 Å². The van der Waals surface area contributed by atoms with Gasteiger partial charge in [0.1, 0.15) is 0 Å². The molecule has 0 unspecified atom stereocenters. The van der Waals surface area contributed by atoms with Gasteiger partial charge in [0.05, 0.1) is 0 Å². The fraction of sp³-hybridized carbons (Fsp3) is 0.750. The Hall–Kier alpha value is -0.500. The lowest BCUT2D eigenvalue weighted by atomic mass is 9.97. The third-order valence-corrected chi connectivity index (χ3v) is 2.24. The number of nitrogens with zero attached hydrogens (tertiary/aromatic N) is 1. The van der Waals surface area contributed by atoms with Crippen LogP contribution in [0.4, 0.5) is 0 Å². The van der Waals surface area contributed by atoms with Crippen LogP contribution in [-0.4, -0.2) is 24.5 Å². The van der Waals surface area contributed by atoms with Crippen LogP contribution in [0.5, 0.6) is 0 Å². The second-order valence-electron chi connectivity index (χ2n) is 2.90. The Bertz CT molecular complexity index is 104. The first-order valence-electron chi connectivity index (χ1n) is 3.93. The normalized spacial score (nSPS) is 21.1. The average Bonchev–Trinajstić information content (AvgIpc) is 2.05. The zero-order valence-electron chi connectivity index (χ0n) is 6.42. The standard InChI is InChI=1S/C8H16N2/c1-2-10-5-3-8(7-9)4-6-10/h2,8H,1,3-7,9H2. The number of rotatable bonds is 2. The first kappa shape index (κ1) is 7.61. The molecule has 1 aliphatic heterocycles. The maximum Gasteiger partial charge on any atom is 0.0175 e. The second kappa shape index (κ2) is 3.62. The monoisotopic (exact) mass is 140 g/mol. The van der Waals surface area contributed by atoms with Crippen LogP contribution in [0.25, 0.3) is 0 Å². The van der Waals surface area contributed by atoms with Crippen molar-refractivity contribution in [3.63, 3.8) is 0 Å². The van der Waals surface area contributed by atoms with Crippen molar-refractivity contribution in [3.05, 3.63) is 12.8 Å².